The van der Waals surface area contributed by atoms with E-state index in [0.29, 0.717) is 0 Å². The van der Waals surface area contributed by atoms with Crippen LogP contribution in [0.4, 0.5) is 30.7 Å². The van der Waals surface area contributed by atoms with Crippen LogP contribution in [0.1, 0.15) is 0 Å². The number of ether oxygens (including phenoxy) is 1. The van der Waals surface area contributed by atoms with Gasteiger partial charge in [0.1, 0.15) is 0 Å². The first-order valence-electron chi connectivity index (χ1n) is 3.15. The number of hydrogen-bond acceptors (Lipinski definition) is 3. The van der Waals surface area contributed by atoms with Gasteiger partial charge in [-0.25, -0.2) is 13.2 Å². The minimum absolute atomic E-state index is 0. The maximum atomic E-state index is 12.2. The van der Waals surface area contributed by atoms with E-state index in [1.165, 1.54) is 0 Å². The molecule has 0 bridgehead atoms. The summed E-state index contributed by atoms with van der Waals surface area (Å²) < 4.78 is 113. The summed E-state index contributed by atoms with van der Waals surface area (Å²) >= 11 is 0. The normalized spacial score (nSPS) is 15.6. The molecule has 1 unspecified atom stereocenters. The summed E-state index contributed by atoms with van der Waals surface area (Å²) in [4.78, 5) is 0. The van der Waals surface area contributed by atoms with Crippen LogP contribution in [0.25, 0.3) is 0 Å². The molecular formula is C4H4F7NaO4S. The third-order valence-corrected chi connectivity index (χ3v) is 2.01. The molecule has 0 aliphatic rings. The molecule has 0 aliphatic carbocycles. The van der Waals surface area contributed by atoms with Gasteiger partial charge in [0.2, 0.25) is 0 Å². The average Bonchev–Trinajstić information content (AvgIpc) is 2.00. The molecule has 13 heteroatoms. The van der Waals surface area contributed by atoms with Crippen LogP contribution in [-0.2, 0) is 14.9 Å². The molecule has 0 saturated heterocycles. The molecule has 0 amide bonds. The molecule has 1 atom stereocenters. The number of halogens is 7. The van der Waals surface area contributed by atoms with Crippen molar-refractivity contribution in [3.63, 3.8) is 0 Å². The average molecular weight is 304 g/mol. The second-order valence-electron chi connectivity index (χ2n) is 2.31. The van der Waals surface area contributed by atoms with Gasteiger partial charge in [-0.1, -0.05) is 0 Å². The zero-order valence-electron chi connectivity index (χ0n) is 6.88. The van der Waals surface area contributed by atoms with Crippen molar-refractivity contribution < 1.29 is 48.4 Å². The van der Waals surface area contributed by atoms with E-state index in [-0.39, 0.29) is 29.6 Å². The van der Waals surface area contributed by atoms with Crippen molar-refractivity contribution in [3.05, 3.63) is 0 Å². The fourth-order valence-electron chi connectivity index (χ4n) is 0.412. The van der Waals surface area contributed by atoms with Crippen LogP contribution in [0.3, 0.4) is 0 Å². The summed E-state index contributed by atoms with van der Waals surface area (Å²) in [5.74, 6) is 0. The first-order valence-corrected chi connectivity index (χ1v) is 4.59. The second kappa shape index (κ2) is 6.02. The minimum atomic E-state index is -6.65. The van der Waals surface area contributed by atoms with Crippen molar-refractivity contribution in [2.24, 2.45) is 0 Å². The van der Waals surface area contributed by atoms with E-state index in [2.05, 4.69) is 4.74 Å². The Hall–Kier alpha value is 0.380. The molecule has 0 saturated carbocycles. The Morgan fingerprint density at radius 3 is 1.65 bits per heavy atom. The summed E-state index contributed by atoms with van der Waals surface area (Å²) in [7, 11) is -6.65. The zero-order chi connectivity index (χ0) is 13.4. The van der Waals surface area contributed by atoms with Crippen LogP contribution in [0, 0.1) is 0 Å². The number of alkyl halides is 7. The fraction of sp³-hybridized carbons (Fsp3) is 1.00. The van der Waals surface area contributed by atoms with Crippen LogP contribution < -0.4 is 0 Å². The van der Waals surface area contributed by atoms with Crippen LogP contribution >= 0.6 is 0 Å². The monoisotopic (exact) mass is 304 g/mol. The van der Waals surface area contributed by atoms with Crippen LogP contribution in [0.15, 0.2) is 0 Å². The third kappa shape index (κ3) is 4.52. The van der Waals surface area contributed by atoms with Crippen molar-refractivity contribution in [2.75, 3.05) is 0 Å². The van der Waals surface area contributed by atoms with Crippen LogP contribution in [0.5, 0.6) is 0 Å². The van der Waals surface area contributed by atoms with Gasteiger partial charge in [0, 0.05) is 0 Å². The summed E-state index contributed by atoms with van der Waals surface area (Å²) in [6.45, 7) is 0. The van der Waals surface area contributed by atoms with Gasteiger partial charge in [-0.2, -0.15) is 26.0 Å². The van der Waals surface area contributed by atoms with Crippen molar-refractivity contribution >= 4 is 39.7 Å². The first kappa shape index (κ1) is 19.7. The van der Waals surface area contributed by atoms with Gasteiger partial charge in [-0.15, -0.1) is 0 Å². The van der Waals surface area contributed by atoms with Gasteiger partial charge in [0.05, 0.1) is 0 Å². The third-order valence-electron chi connectivity index (χ3n) is 1.12. The fourth-order valence-corrected chi connectivity index (χ4v) is 0.760. The Morgan fingerprint density at radius 1 is 1.06 bits per heavy atom. The van der Waals surface area contributed by atoms with Gasteiger partial charge in [-0.05, 0) is 0 Å². The standard InChI is InChI=1S/C4H3F7O4S.Na.H/c5-1(6)2(7)15-3(8,9)4(10,11)16(12,13)14;;/h1-2H,(H,12,13,14);;. The predicted octanol–water partition coefficient (Wildman–Crippen LogP) is 0.989. The SMILES string of the molecule is O=S(=O)(O)C(F)(F)C(F)(F)OC(F)C(F)F.[NaH]. The molecule has 0 fully saturated rings. The Bertz CT molecular complexity index is 344. The Morgan fingerprint density at radius 2 is 1.41 bits per heavy atom. The number of rotatable bonds is 5. The molecule has 100 valence electrons. The van der Waals surface area contributed by atoms with Gasteiger partial charge >= 0.3 is 51.0 Å². The molecule has 0 aromatic carbocycles. The van der Waals surface area contributed by atoms with E-state index in [0.717, 1.165) is 0 Å². The maximum absolute atomic E-state index is 12.2. The molecule has 1 N–H and O–H groups in total. The summed E-state index contributed by atoms with van der Waals surface area (Å²) in [5, 5.41) is -6.25. The van der Waals surface area contributed by atoms with Gasteiger partial charge in [0.25, 0.3) is 12.8 Å². The molecule has 0 aromatic rings. The van der Waals surface area contributed by atoms with Crippen molar-refractivity contribution in [1.82, 2.24) is 0 Å². The van der Waals surface area contributed by atoms with Crippen molar-refractivity contribution in [2.45, 2.75) is 24.1 Å². The molecule has 0 spiro atoms. The predicted molar refractivity (Wildman–Crippen MR) is 40.6 cm³/mol. The second-order valence-corrected chi connectivity index (χ2v) is 3.77. The number of hydrogen-bond donors (Lipinski definition) is 1. The van der Waals surface area contributed by atoms with E-state index in [1.54, 1.807) is 0 Å². The molecule has 0 rings (SSSR count). The molecule has 0 radical (unpaired) electrons. The quantitative estimate of drug-likeness (QED) is 0.467. The van der Waals surface area contributed by atoms with E-state index in [9.17, 15) is 39.2 Å². The Labute approximate surface area is 112 Å². The molecule has 0 aliphatic heterocycles. The summed E-state index contributed by atoms with van der Waals surface area (Å²) in [6, 6.07) is 0. The summed E-state index contributed by atoms with van der Waals surface area (Å²) in [6.07, 6.45) is -14.5. The van der Waals surface area contributed by atoms with E-state index in [1.807, 2.05) is 0 Å². The zero-order valence-corrected chi connectivity index (χ0v) is 7.70. The van der Waals surface area contributed by atoms with Crippen LogP contribution in [-0.4, -0.2) is 66.7 Å². The molecule has 0 aromatic heterocycles. The van der Waals surface area contributed by atoms with Gasteiger partial charge < -0.3 is 0 Å². The summed E-state index contributed by atoms with van der Waals surface area (Å²) in [5.41, 5.74) is 0. The molecule has 4 nitrogen and oxygen atoms in total. The van der Waals surface area contributed by atoms with E-state index < -0.39 is 34.3 Å². The topological polar surface area (TPSA) is 63.6 Å². The molecule has 0 heterocycles. The Balaban J connectivity index is 0. The van der Waals surface area contributed by atoms with Gasteiger partial charge in [0.15, 0.2) is 0 Å². The van der Waals surface area contributed by atoms with Crippen LogP contribution in [0.2, 0.25) is 0 Å². The van der Waals surface area contributed by atoms with E-state index in [4.69, 9.17) is 4.55 Å². The van der Waals surface area contributed by atoms with E-state index >= 15 is 0 Å². The first-order chi connectivity index (χ1) is 6.83. The molecule has 17 heavy (non-hydrogen) atoms. The van der Waals surface area contributed by atoms with Gasteiger partial charge in [-0.3, -0.25) is 9.29 Å². The van der Waals surface area contributed by atoms with Crippen molar-refractivity contribution in [1.29, 1.82) is 0 Å². The molecular weight excluding hydrogens is 300 g/mol. The van der Waals surface area contributed by atoms with Crippen molar-refractivity contribution in [3.8, 4) is 0 Å². The Kier molecular flexibility index (Phi) is 6.98.